The maximum Gasteiger partial charge on any atom is 0.235 e. The van der Waals surface area contributed by atoms with Gasteiger partial charge >= 0.3 is 0 Å². The van der Waals surface area contributed by atoms with E-state index in [0.717, 1.165) is 13.1 Å². The van der Waals surface area contributed by atoms with Crippen LogP contribution < -0.4 is 0 Å². The molecule has 0 bridgehead atoms. The predicted octanol–water partition coefficient (Wildman–Crippen LogP) is 6.17. The minimum Gasteiger partial charge on any atom is -0.258 e. The summed E-state index contributed by atoms with van der Waals surface area (Å²) in [6.07, 6.45) is 2.35. The second-order valence-electron chi connectivity index (χ2n) is 8.08. The highest BCUT2D eigenvalue weighted by molar-refractivity contribution is 5.87. The van der Waals surface area contributed by atoms with Crippen molar-refractivity contribution in [2.45, 2.75) is 25.9 Å². The normalized spacial score (nSPS) is 16.2. The summed E-state index contributed by atoms with van der Waals surface area (Å²) in [5, 5.41) is 5.35. The van der Waals surface area contributed by atoms with Gasteiger partial charge in [0, 0.05) is 11.1 Å². The Morgan fingerprint density at radius 3 is 1.93 bits per heavy atom. The number of hydrogen-bond donors (Lipinski definition) is 0. The molecule has 2 atom stereocenters. The van der Waals surface area contributed by atoms with Crippen molar-refractivity contribution >= 4 is 27.9 Å². The molecule has 144 valence electrons. The SMILES string of the molecule is CC(c1cccc2ccccc12)N1C=[N+](C(C)c2cccc3ccccc23)CC1. The Morgan fingerprint density at radius 2 is 1.24 bits per heavy atom. The standard InChI is InChI=1S/C27H27N2/c1-20(24-15-7-11-22-9-3-5-13-26(22)24)28-17-18-29(19-28)21(2)25-16-8-12-23-10-4-6-14-27(23)25/h3-16,19-21H,17-18H2,1-2H3/q+1. The van der Waals surface area contributed by atoms with Gasteiger partial charge in [-0.2, -0.15) is 0 Å². The average Bonchev–Trinajstić information content (AvgIpc) is 3.28. The molecule has 0 saturated heterocycles. The maximum atomic E-state index is 2.49. The lowest BCUT2D eigenvalue weighted by Crippen LogP contribution is -2.23. The van der Waals surface area contributed by atoms with E-state index in [4.69, 9.17) is 0 Å². The molecule has 0 aromatic heterocycles. The molecule has 2 heteroatoms. The van der Waals surface area contributed by atoms with E-state index in [0.29, 0.717) is 12.1 Å². The first-order chi connectivity index (χ1) is 14.2. The summed E-state index contributed by atoms with van der Waals surface area (Å²) >= 11 is 0. The van der Waals surface area contributed by atoms with Gasteiger partial charge in [0.05, 0.1) is 0 Å². The molecule has 29 heavy (non-hydrogen) atoms. The summed E-state index contributed by atoms with van der Waals surface area (Å²) in [4.78, 5) is 2.49. The average molecular weight is 380 g/mol. The van der Waals surface area contributed by atoms with E-state index in [2.05, 4.69) is 115 Å². The molecule has 2 unspecified atom stereocenters. The third-order valence-electron chi connectivity index (χ3n) is 6.45. The topological polar surface area (TPSA) is 6.25 Å². The summed E-state index contributed by atoms with van der Waals surface area (Å²) < 4.78 is 2.49. The van der Waals surface area contributed by atoms with E-state index in [1.54, 1.807) is 0 Å². The van der Waals surface area contributed by atoms with Gasteiger partial charge in [-0.05, 0) is 35.4 Å². The lowest BCUT2D eigenvalue weighted by atomic mass is 9.99. The molecule has 0 aliphatic carbocycles. The molecule has 0 radical (unpaired) electrons. The highest BCUT2D eigenvalue weighted by atomic mass is 15.3. The Labute approximate surface area is 172 Å². The Hall–Kier alpha value is -3.13. The van der Waals surface area contributed by atoms with E-state index in [1.165, 1.54) is 32.7 Å². The van der Waals surface area contributed by atoms with Crippen molar-refractivity contribution in [3.63, 3.8) is 0 Å². The van der Waals surface area contributed by atoms with Crippen LogP contribution in [0.3, 0.4) is 0 Å². The van der Waals surface area contributed by atoms with Crippen LogP contribution in [0.25, 0.3) is 21.5 Å². The molecular weight excluding hydrogens is 352 g/mol. The monoisotopic (exact) mass is 379 g/mol. The van der Waals surface area contributed by atoms with Crippen LogP contribution in [0.5, 0.6) is 0 Å². The van der Waals surface area contributed by atoms with E-state index < -0.39 is 0 Å². The molecule has 0 saturated carbocycles. The van der Waals surface area contributed by atoms with Crippen molar-refractivity contribution in [1.29, 1.82) is 0 Å². The van der Waals surface area contributed by atoms with Gasteiger partial charge in [-0.1, -0.05) is 84.9 Å². The van der Waals surface area contributed by atoms with Crippen LogP contribution in [0, 0.1) is 0 Å². The molecule has 0 fully saturated rings. The predicted molar refractivity (Wildman–Crippen MR) is 123 cm³/mol. The largest absolute Gasteiger partial charge is 0.258 e. The summed E-state index contributed by atoms with van der Waals surface area (Å²) in [5.41, 5.74) is 2.80. The Bertz CT molecular complexity index is 1200. The molecule has 4 aromatic carbocycles. The van der Waals surface area contributed by atoms with Crippen molar-refractivity contribution in [2.75, 3.05) is 13.1 Å². The maximum absolute atomic E-state index is 2.49. The van der Waals surface area contributed by atoms with Gasteiger partial charge in [0.25, 0.3) is 0 Å². The van der Waals surface area contributed by atoms with Gasteiger partial charge in [-0.3, -0.25) is 9.48 Å². The van der Waals surface area contributed by atoms with Crippen molar-refractivity contribution in [3.8, 4) is 0 Å². The first-order valence-electron chi connectivity index (χ1n) is 10.5. The highest BCUT2D eigenvalue weighted by Crippen LogP contribution is 2.30. The number of rotatable bonds is 4. The van der Waals surface area contributed by atoms with Crippen molar-refractivity contribution in [2.24, 2.45) is 0 Å². The summed E-state index contributed by atoms with van der Waals surface area (Å²) in [6, 6.07) is 31.4. The minimum atomic E-state index is 0.353. The Balaban J connectivity index is 1.46. The lowest BCUT2D eigenvalue weighted by molar-refractivity contribution is -0.555. The van der Waals surface area contributed by atoms with Crippen LogP contribution in [0.1, 0.15) is 37.1 Å². The van der Waals surface area contributed by atoms with Crippen LogP contribution >= 0.6 is 0 Å². The van der Waals surface area contributed by atoms with Gasteiger partial charge < -0.3 is 0 Å². The summed E-state index contributed by atoms with van der Waals surface area (Å²) in [6.45, 7) is 6.76. The van der Waals surface area contributed by atoms with Crippen LogP contribution in [0.15, 0.2) is 84.9 Å². The summed E-state index contributed by atoms with van der Waals surface area (Å²) in [5.74, 6) is 0. The van der Waals surface area contributed by atoms with Crippen LogP contribution in [-0.2, 0) is 0 Å². The highest BCUT2D eigenvalue weighted by Gasteiger charge is 2.29. The van der Waals surface area contributed by atoms with Crippen LogP contribution in [0.2, 0.25) is 0 Å². The molecule has 1 aliphatic heterocycles. The van der Waals surface area contributed by atoms with Crippen molar-refractivity contribution < 1.29 is 4.58 Å². The number of hydrogen-bond acceptors (Lipinski definition) is 1. The summed E-state index contributed by atoms with van der Waals surface area (Å²) in [7, 11) is 0. The van der Waals surface area contributed by atoms with E-state index in [9.17, 15) is 0 Å². The van der Waals surface area contributed by atoms with Gasteiger partial charge in [0.2, 0.25) is 6.34 Å². The van der Waals surface area contributed by atoms with Gasteiger partial charge in [-0.15, -0.1) is 0 Å². The molecule has 5 rings (SSSR count). The molecule has 2 nitrogen and oxygen atoms in total. The second kappa shape index (κ2) is 7.36. The molecule has 0 spiro atoms. The molecule has 0 N–H and O–H groups in total. The van der Waals surface area contributed by atoms with Gasteiger partial charge in [0.15, 0.2) is 0 Å². The number of nitrogens with zero attached hydrogens (tertiary/aromatic N) is 2. The third kappa shape index (κ3) is 3.19. The second-order valence-corrected chi connectivity index (χ2v) is 8.08. The molecule has 0 amide bonds. The quantitative estimate of drug-likeness (QED) is 0.384. The molecular formula is C27H27N2+. The van der Waals surface area contributed by atoms with Crippen molar-refractivity contribution in [1.82, 2.24) is 4.90 Å². The zero-order valence-electron chi connectivity index (χ0n) is 17.1. The molecule has 1 aliphatic rings. The molecule has 4 aromatic rings. The smallest absolute Gasteiger partial charge is 0.235 e. The van der Waals surface area contributed by atoms with Gasteiger partial charge in [-0.25, -0.2) is 0 Å². The first kappa shape index (κ1) is 17.9. The lowest BCUT2D eigenvalue weighted by Gasteiger charge is -2.18. The fraction of sp³-hybridized carbons (Fsp3) is 0.222. The van der Waals surface area contributed by atoms with E-state index >= 15 is 0 Å². The van der Waals surface area contributed by atoms with Crippen LogP contribution in [-0.4, -0.2) is 28.9 Å². The minimum absolute atomic E-state index is 0.353. The third-order valence-corrected chi connectivity index (χ3v) is 6.45. The molecule has 1 heterocycles. The zero-order chi connectivity index (χ0) is 19.8. The van der Waals surface area contributed by atoms with Crippen LogP contribution in [0.4, 0.5) is 0 Å². The number of fused-ring (bicyclic) bond motifs is 2. The van der Waals surface area contributed by atoms with Crippen molar-refractivity contribution in [3.05, 3.63) is 96.1 Å². The van der Waals surface area contributed by atoms with Gasteiger partial charge in [0.1, 0.15) is 25.2 Å². The Kier molecular flexibility index (Phi) is 4.55. The Morgan fingerprint density at radius 1 is 0.690 bits per heavy atom. The fourth-order valence-electron chi connectivity index (χ4n) is 4.71. The zero-order valence-corrected chi connectivity index (χ0v) is 17.1. The van der Waals surface area contributed by atoms with E-state index in [1.807, 2.05) is 0 Å². The number of benzene rings is 4. The first-order valence-corrected chi connectivity index (χ1v) is 10.5. The van der Waals surface area contributed by atoms with E-state index in [-0.39, 0.29) is 0 Å². The fourth-order valence-corrected chi connectivity index (χ4v) is 4.71.